The van der Waals surface area contributed by atoms with Gasteiger partial charge in [-0.2, -0.15) is 9.57 Å². The van der Waals surface area contributed by atoms with Crippen LogP contribution in [0, 0.1) is 11.3 Å². The van der Waals surface area contributed by atoms with Gasteiger partial charge in [-0.15, -0.1) is 0 Å². The number of hydrazine groups is 1. The normalized spacial score (nSPS) is 14.2. The van der Waals surface area contributed by atoms with E-state index in [0.717, 1.165) is 12.8 Å². The minimum Gasteiger partial charge on any atom is -0.298 e. The van der Waals surface area contributed by atoms with Crippen LogP contribution in [0.25, 0.3) is 5.70 Å². The van der Waals surface area contributed by atoms with Crippen molar-refractivity contribution in [3.05, 3.63) is 71.8 Å². The van der Waals surface area contributed by atoms with Gasteiger partial charge in [0.1, 0.15) is 0 Å². The average molecular weight is 396 g/mol. The van der Waals surface area contributed by atoms with E-state index in [-0.39, 0.29) is 10.5 Å². The number of hydrogen-bond donors (Lipinski definition) is 2. The quantitative estimate of drug-likeness (QED) is 0.729. The first-order valence-corrected chi connectivity index (χ1v) is 10.2. The standard InChI is InChI=1S/C20H20N4O3S/c1-15(17-9-7-16(14-21)8-10-17)22-23-20(25)18-5-4-6-19(13-18)28(26,27)24-11-2-3-12-24/h4-10,13,22H,1-3,11-12H2,(H,23,25). The molecule has 0 aliphatic carbocycles. The third-order valence-electron chi connectivity index (χ3n) is 4.49. The van der Waals surface area contributed by atoms with Crippen LogP contribution >= 0.6 is 0 Å². The van der Waals surface area contributed by atoms with Crippen molar-refractivity contribution in [2.75, 3.05) is 13.1 Å². The zero-order valence-electron chi connectivity index (χ0n) is 15.2. The van der Waals surface area contributed by atoms with Gasteiger partial charge in [0.2, 0.25) is 10.0 Å². The second kappa shape index (κ2) is 8.25. The predicted octanol–water partition coefficient (Wildman–Crippen LogP) is 2.25. The van der Waals surface area contributed by atoms with E-state index in [2.05, 4.69) is 17.4 Å². The smallest absolute Gasteiger partial charge is 0.269 e. The third kappa shape index (κ3) is 4.22. The molecule has 2 aromatic carbocycles. The summed E-state index contributed by atoms with van der Waals surface area (Å²) in [5, 5.41) is 8.83. The van der Waals surface area contributed by atoms with Gasteiger partial charge in [0, 0.05) is 18.7 Å². The Kier molecular flexibility index (Phi) is 5.78. The van der Waals surface area contributed by atoms with Crippen molar-refractivity contribution in [2.24, 2.45) is 0 Å². The van der Waals surface area contributed by atoms with Crippen molar-refractivity contribution < 1.29 is 13.2 Å². The molecule has 0 unspecified atom stereocenters. The Morgan fingerprint density at radius 2 is 1.71 bits per heavy atom. The summed E-state index contributed by atoms with van der Waals surface area (Å²) >= 11 is 0. The molecule has 2 N–H and O–H groups in total. The van der Waals surface area contributed by atoms with Gasteiger partial charge >= 0.3 is 0 Å². The van der Waals surface area contributed by atoms with E-state index in [0.29, 0.717) is 29.9 Å². The molecule has 1 saturated heterocycles. The number of carbonyl (C=O) groups excluding carboxylic acids is 1. The van der Waals surface area contributed by atoms with Gasteiger partial charge in [0.15, 0.2) is 0 Å². The maximum atomic E-state index is 12.7. The van der Waals surface area contributed by atoms with Crippen LogP contribution < -0.4 is 10.9 Å². The van der Waals surface area contributed by atoms with Gasteiger partial charge in [0.05, 0.1) is 22.2 Å². The van der Waals surface area contributed by atoms with Crippen LogP contribution in [-0.2, 0) is 10.0 Å². The molecule has 7 nitrogen and oxygen atoms in total. The van der Waals surface area contributed by atoms with Crippen LogP contribution in [0.5, 0.6) is 0 Å². The van der Waals surface area contributed by atoms with Crippen molar-refractivity contribution in [1.82, 2.24) is 15.2 Å². The van der Waals surface area contributed by atoms with Gasteiger partial charge in [0.25, 0.3) is 5.91 Å². The molecule has 8 heteroatoms. The second-order valence-electron chi connectivity index (χ2n) is 6.39. The molecule has 0 radical (unpaired) electrons. The molecule has 1 fully saturated rings. The van der Waals surface area contributed by atoms with E-state index < -0.39 is 15.9 Å². The highest BCUT2D eigenvalue weighted by Crippen LogP contribution is 2.21. The monoisotopic (exact) mass is 396 g/mol. The van der Waals surface area contributed by atoms with Crippen molar-refractivity contribution in [3.63, 3.8) is 0 Å². The molecule has 1 aliphatic heterocycles. The molecule has 144 valence electrons. The molecule has 2 aromatic rings. The number of sulfonamides is 1. The molecule has 0 spiro atoms. The first-order valence-electron chi connectivity index (χ1n) is 8.78. The van der Waals surface area contributed by atoms with Crippen LogP contribution in [0.15, 0.2) is 60.0 Å². The highest BCUT2D eigenvalue weighted by atomic mass is 32.2. The lowest BCUT2D eigenvalue weighted by Crippen LogP contribution is -2.36. The number of hydrogen-bond acceptors (Lipinski definition) is 5. The first-order chi connectivity index (χ1) is 13.4. The highest BCUT2D eigenvalue weighted by molar-refractivity contribution is 7.89. The minimum absolute atomic E-state index is 0.105. The SMILES string of the molecule is C=C(NNC(=O)c1cccc(S(=O)(=O)N2CCCC2)c1)c1ccc(C#N)cc1. The number of carbonyl (C=O) groups is 1. The van der Waals surface area contributed by atoms with Crippen molar-refractivity contribution >= 4 is 21.6 Å². The van der Waals surface area contributed by atoms with E-state index in [1.165, 1.54) is 16.4 Å². The van der Waals surface area contributed by atoms with E-state index in [4.69, 9.17) is 5.26 Å². The molecule has 1 amide bonds. The summed E-state index contributed by atoms with van der Waals surface area (Å²) in [6.07, 6.45) is 1.70. The minimum atomic E-state index is -3.59. The van der Waals surface area contributed by atoms with Gasteiger partial charge in [-0.25, -0.2) is 8.42 Å². The Bertz CT molecular complexity index is 1030. The fourth-order valence-electron chi connectivity index (χ4n) is 2.90. The molecular formula is C20H20N4O3S. The Morgan fingerprint density at radius 1 is 1.04 bits per heavy atom. The molecule has 0 atom stereocenters. The predicted molar refractivity (Wildman–Crippen MR) is 105 cm³/mol. The fraction of sp³-hybridized carbons (Fsp3) is 0.200. The van der Waals surface area contributed by atoms with Gasteiger partial charge in [-0.05, 0) is 48.7 Å². The number of nitrogens with one attached hydrogen (secondary N) is 2. The fourth-order valence-corrected chi connectivity index (χ4v) is 4.46. The van der Waals surface area contributed by atoms with Crippen LogP contribution in [0.2, 0.25) is 0 Å². The largest absolute Gasteiger partial charge is 0.298 e. The summed E-state index contributed by atoms with van der Waals surface area (Å²) in [5.41, 5.74) is 7.13. The molecule has 0 aromatic heterocycles. The Labute approximate surface area is 164 Å². The molecule has 1 heterocycles. The van der Waals surface area contributed by atoms with Crippen LogP contribution in [0.3, 0.4) is 0 Å². The summed E-state index contributed by atoms with van der Waals surface area (Å²) < 4.78 is 26.7. The van der Waals surface area contributed by atoms with Crippen molar-refractivity contribution in [1.29, 1.82) is 5.26 Å². The van der Waals surface area contributed by atoms with E-state index >= 15 is 0 Å². The van der Waals surface area contributed by atoms with Crippen LogP contribution in [-0.4, -0.2) is 31.7 Å². The van der Waals surface area contributed by atoms with Crippen LogP contribution in [0.4, 0.5) is 0 Å². The maximum absolute atomic E-state index is 12.7. The van der Waals surface area contributed by atoms with E-state index in [1.54, 1.807) is 36.4 Å². The number of rotatable bonds is 6. The Morgan fingerprint density at radius 3 is 2.36 bits per heavy atom. The number of amides is 1. The second-order valence-corrected chi connectivity index (χ2v) is 8.32. The lowest BCUT2D eigenvalue weighted by atomic mass is 10.1. The highest BCUT2D eigenvalue weighted by Gasteiger charge is 2.27. The Hall–Kier alpha value is -3.15. The molecule has 3 rings (SSSR count). The topological polar surface area (TPSA) is 102 Å². The molecule has 0 saturated carbocycles. The van der Waals surface area contributed by atoms with E-state index in [1.807, 2.05) is 6.07 Å². The zero-order chi connectivity index (χ0) is 20.1. The number of nitrogens with zero attached hydrogens (tertiary/aromatic N) is 2. The average Bonchev–Trinajstić information content (AvgIpc) is 3.27. The molecule has 0 bridgehead atoms. The van der Waals surface area contributed by atoms with Crippen LogP contribution in [0.1, 0.15) is 34.3 Å². The third-order valence-corrected chi connectivity index (χ3v) is 6.38. The summed E-state index contributed by atoms with van der Waals surface area (Å²) in [6.45, 7) is 4.85. The summed E-state index contributed by atoms with van der Waals surface area (Å²) in [4.78, 5) is 12.5. The summed E-state index contributed by atoms with van der Waals surface area (Å²) in [5.74, 6) is -0.478. The number of nitriles is 1. The van der Waals surface area contributed by atoms with E-state index in [9.17, 15) is 13.2 Å². The lowest BCUT2D eigenvalue weighted by molar-refractivity contribution is 0.0942. The lowest BCUT2D eigenvalue weighted by Gasteiger charge is -2.16. The summed E-state index contributed by atoms with van der Waals surface area (Å²) in [6, 6.07) is 14.7. The Balaban J connectivity index is 1.67. The van der Waals surface area contributed by atoms with Gasteiger partial charge in [-0.1, -0.05) is 24.8 Å². The zero-order valence-corrected chi connectivity index (χ0v) is 16.0. The maximum Gasteiger partial charge on any atom is 0.269 e. The van der Waals surface area contributed by atoms with Gasteiger partial charge < -0.3 is 0 Å². The van der Waals surface area contributed by atoms with Crippen molar-refractivity contribution in [3.8, 4) is 6.07 Å². The number of benzene rings is 2. The first kappa shape index (κ1) is 19.6. The summed E-state index contributed by atoms with van der Waals surface area (Å²) in [7, 11) is -3.59. The van der Waals surface area contributed by atoms with Gasteiger partial charge in [-0.3, -0.25) is 15.6 Å². The van der Waals surface area contributed by atoms with Crippen molar-refractivity contribution in [2.45, 2.75) is 17.7 Å². The molecule has 28 heavy (non-hydrogen) atoms. The molecule has 1 aliphatic rings. The molecular weight excluding hydrogens is 376 g/mol.